The fraction of sp³-hybridized carbons (Fsp3) is 0.164. The molecule has 0 bridgehead atoms. The van der Waals surface area contributed by atoms with Crippen LogP contribution in [0.15, 0.2) is 182 Å². The predicted octanol–water partition coefficient (Wildman–Crippen LogP) is 13.5. The molecule has 4 heterocycles. The van der Waals surface area contributed by atoms with Gasteiger partial charge in [0.05, 0.1) is 39.9 Å². The number of fused-ring (bicyclic) bond motifs is 6. The maximum Gasteiger partial charge on any atom is 0.0724 e. The smallest absolute Gasteiger partial charge is 0.0724 e. The van der Waals surface area contributed by atoms with E-state index in [1.54, 1.807) is 0 Å². The number of hydrogen-bond acceptors (Lipinski definition) is 2. The molecule has 59 heavy (non-hydrogen) atoms. The first-order chi connectivity index (χ1) is 28.9. The molecule has 6 aromatic carbocycles. The van der Waals surface area contributed by atoms with Gasteiger partial charge in [-0.25, -0.2) is 0 Å². The minimum absolute atomic E-state index is 0.502. The summed E-state index contributed by atoms with van der Waals surface area (Å²) in [6, 6.07) is 62.6. The van der Waals surface area contributed by atoms with Gasteiger partial charge in [0, 0.05) is 44.3 Å². The van der Waals surface area contributed by atoms with Crippen molar-refractivity contribution in [1.29, 1.82) is 0 Å². The summed E-state index contributed by atoms with van der Waals surface area (Å²) >= 11 is 0. The van der Waals surface area contributed by atoms with Gasteiger partial charge < -0.3 is 9.13 Å². The molecule has 0 unspecified atom stereocenters. The van der Waals surface area contributed by atoms with Crippen molar-refractivity contribution in [2.45, 2.75) is 46.0 Å². The number of aromatic nitrogens is 4. The first-order valence-electron chi connectivity index (χ1n) is 21.0. The normalized spacial score (nSPS) is 12.2. The third kappa shape index (κ3) is 6.22. The monoisotopic (exact) mass is 764 g/mol. The molecule has 4 heteroatoms. The van der Waals surface area contributed by atoms with Crippen molar-refractivity contribution in [2.75, 3.05) is 0 Å². The molecule has 0 fully saturated rings. The van der Waals surface area contributed by atoms with Crippen molar-refractivity contribution in [3.8, 4) is 11.4 Å². The summed E-state index contributed by atoms with van der Waals surface area (Å²) in [7, 11) is 0. The SMILES string of the molecule is CC(C)Cc1cc2c3cc(C(c4ccccc4)(c4ccccc4)c4ccc5c(c4)c4cc(CC(C)C)ncc4n5-c4ccccc4)ccc3n(-c3ccccc3)c2cn1. The number of para-hydroxylation sites is 2. The molecule has 0 N–H and O–H groups in total. The maximum atomic E-state index is 5.01. The van der Waals surface area contributed by atoms with Crippen LogP contribution in [0.25, 0.3) is 55.0 Å². The van der Waals surface area contributed by atoms with Crippen LogP contribution in [0.2, 0.25) is 0 Å². The third-order valence-corrected chi connectivity index (χ3v) is 12.0. The van der Waals surface area contributed by atoms with Gasteiger partial charge >= 0.3 is 0 Å². The zero-order valence-electron chi connectivity index (χ0n) is 34.2. The van der Waals surface area contributed by atoms with Gasteiger partial charge in [0.15, 0.2) is 0 Å². The van der Waals surface area contributed by atoms with Gasteiger partial charge in [-0.2, -0.15) is 0 Å². The van der Waals surface area contributed by atoms with E-state index < -0.39 is 5.41 Å². The van der Waals surface area contributed by atoms with Crippen LogP contribution in [0.3, 0.4) is 0 Å². The quantitative estimate of drug-likeness (QED) is 0.130. The van der Waals surface area contributed by atoms with E-state index in [-0.39, 0.29) is 0 Å². The lowest BCUT2D eigenvalue weighted by atomic mass is 9.65. The zero-order chi connectivity index (χ0) is 40.1. The van der Waals surface area contributed by atoms with E-state index in [4.69, 9.17) is 9.97 Å². The fourth-order valence-corrected chi connectivity index (χ4v) is 9.54. The van der Waals surface area contributed by atoms with Crippen LogP contribution in [0, 0.1) is 11.8 Å². The van der Waals surface area contributed by atoms with Crippen LogP contribution in [0.5, 0.6) is 0 Å². The van der Waals surface area contributed by atoms with E-state index in [9.17, 15) is 0 Å². The second-order valence-electron chi connectivity index (χ2n) is 16.9. The molecule has 0 aliphatic rings. The van der Waals surface area contributed by atoms with Gasteiger partial charge in [-0.15, -0.1) is 0 Å². The summed E-state index contributed by atoms with van der Waals surface area (Å²) in [6.45, 7) is 9.06. The highest BCUT2D eigenvalue weighted by Crippen LogP contribution is 2.48. The Kier molecular flexibility index (Phi) is 9.21. The molecule has 4 aromatic heterocycles. The molecule has 0 saturated heterocycles. The van der Waals surface area contributed by atoms with Crippen molar-refractivity contribution in [3.63, 3.8) is 0 Å². The molecule has 288 valence electrons. The highest BCUT2D eigenvalue weighted by atomic mass is 15.0. The standard InChI is InChI=1S/C55H48N4/c1-37(2)29-43-33-49-47-31-41(25-27-51(47)58(53(49)35-56-43)45-21-13-7-14-22-45)55(39-17-9-5-10-18-39,40-19-11-6-12-20-40)42-26-28-52-48(32-42)50-34-44(30-38(3)4)57-36-54(50)59(52)46-23-15-8-16-24-46/h5-28,31-38H,29-30H2,1-4H3. The van der Waals surface area contributed by atoms with Crippen molar-refractivity contribution in [3.05, 3.63) is 216 Å². The van der Waals surface area contributed by atoms with E-state index in [1.807, 2.05) is 0 Å². The van der Waals surface area contributed by atoms with Crippen LogP contribution < -0.4 is 0 Å². The Bertz CT molecular complexity index is 2870. The topological polar surface area (TPSA) is 35.6 Å². The van der Waals surface area contributed by atoms with Crippen LogP contribution in [0.4, 0.5) is 0 Å². The van der Waals surface area contributed by atoms with Crippen molar-refractivity contribution >= 4 is 43.6 Å². The number of pyridine rings is 2. The van der Waals surface area contributed by atoms with Gasteiger partial charge in [-0.3, -0.25) is 9.97 Å². The molecule has 10 aromatic rings. The van der Waals surface area contributed by atoms with E-state index in [0.717, 1.165) is 46.6 Å². The lowest BCUT2D eigenvalue weighted by molar-refractivity contribution is 0.636. The van der Waals surface area contributed by atoms with Crippen molar-refractivity contribution in [2.24, 2.45) is 11.8 Å². The van der Waals surface area contributed by atoms with Gasteiger partial charge in [0.25, 0.3) is 0 Å². The summed E-state index contributed by atoms with van der Waals surface area (Å²) < 4.78 is 4.75. The highest BCUT2D eigenvalue weighted by molar-refractivity contribution is 6.11. The molecular weight excluding hydrogens is 717 g/mol. The minimum Gasteiger partial charge on any atom is -0.308 e. The zero-order valence-corrected chi connectivity index (χ0v) is 34.2. The molecule has 4 nitrogen and oxygen atoms in total. The molecule has 0 aliphatic carbocycles. The Labute approximate surface area is 346 Å². The Morgan fingerprint density at radius 2 is 0.746 bits per heavy atom. The molecule has 0 aliphatic heterocycles. The van der Waals surface area contributed by atoms with Crippen molar-refractivity contribution in [1.82, 2.24) is 19.1 Å². The lowest BCUT2D eigenvalue weighted by Gasteiger charge is -2.37. The summed E-state index contributed by atoms with van der Waals surface area (Å²) in [4.78, 5) is 10.0. The van der Waals surface area contributed by atoms with Gasteiger partial charge in [-0.1, -0.05) is 137 Å². The summed E-state index contributed by atoms with van der Waals surface area (Å²) in [5.74, 6) is 1.00. The first kappa shape index (κ1) is 36.6. The fourth-order valence-electron chi connectivity index (χ4n) is 9.54. The minimum atomic E-state index is -0.658. The number of benzene rings is 6. The van der Waals surface area contributed by atoms with Crippen LogP contribution in [0.1, 0.15) is 61.3 Å². The van der Waals surface area contributed by atoms with Crippen molar-refractivity contribution < 1.29 is 0 Å². The van der Waals surface area contributed by atoms with E-state index in [2.05, 4.69) is 219 Å². The van der Waals surface area contributed by atoms with Crippen LogP contribution in [-0.4, -0.2) is 19.1 Å². The largest absolute Gasteiger partial charge is 0.308 e. The molecular formula is C55H48N4. The molecule has 10 rings (SSSR count). The van der Waals surface area contributed by atoms with Crippen LogP contribution >= 0.6 is 0 Å². The Morgan fingerprint density at radius 3 is 1.12 bits per heavy atom. The van der Waals surface area contributed by atoms with Gasteiger partial charge in [0.2, 0.25) is 0 Å². The Hall–Kier alpha value is -6.78. The molecule has 0 amide bonds. The van der Waals surface area contributed by atoms with E-state index >= 15 is 0 Å². The molecule has 0 saturated carbocycles. The summed E-state index contributed by atoms with van der Waals surface area (Å²) in [5, 5.41) is 4.88. The predicted molar refractivity (Wildman–Crippen MR) is 246 cm³/mol. The molecule has 0 radical (unpaired) electrons. The Morgan fingerprint density at radius 1 is 0.390 bits per heavy atom. The van der Waals surface area contributed by atoms with E-state index in [1.165, 1.54) is 54.8 Å². The summed E-state index contributed by atoms with van der Waals surface area (Å²) in [6.07, 6.45) is 6.02. The van der Waals surface area contributed by atoms with E-state index in [0.29, 0.717) is 11.8 Å². The number of rotatable bonds is 10. The third-order valence-electron chi connectivity index (χ3n) is 12.0. The number of nitrogens with zero attached hydrogens (tertiary/aromatic N) is 4. The second kappa shape index (κ2) is 14.9. The molecule has 0 atom stereocenters. The second-order valence-corrected chi connectivity index (χ2v) is 16.9. The average molecular weight is 765 g/mol. The number of hydrogen-bond donors (Lipinski definition) is 0. The summed E-state index contributed by atoms with van der Waals surface area (Å²) in [5.41, 5.74) is 13.3. The highest BCUT2D eigenvalue weighted by Gasteiger charge is 2.39. The maximum absolute atomic E-state index is 5.01. The van der Waals surface area contributed by atoms with Gasteiger partial charge in [0.1, 0.15) is 0 Å². The average Bonchev–Trinajstić information content (AvgIpc) is 3.76. The van der Waals surface area contributed by atoms with Gasteiger partial charge in [-0.05, 0) is 108 Å². The Balaban J connectivity index is 1.31. The van der Waals surface area contributed by atoms with Crippen LogP contribution in [-0.2, 0) is 18.3 Å². The first-order valence-corrected chi connectivity index (χ1v) is 21.0. The molecule has 0 spiro atoms. The lowest BCUT2D eigenvalue weighted by Crippen LogP contribution is -2.31.